The van der Waals surface area contributed by atoms with Gasteiger partial charge >= 0.3 is 6.01 Å². The first-order chi connectivity index (χ1) is 9.38. The van der Waals surface area contributed by atoms with Crippen molar-refractivity contribution in [2.75, 3.05) is 18.6 Å². The van der Waals surface area contributed by atoms with Crippen molar-refractivity contribution in [2.24, 2.45) is 0 Å². The molecule has 0 aliphatic rings. The van der Waals surface area contributed by atoms with Crippen molar-refractivity contribution in [3.05, 3.63) is 29.5 Å². The molecule has 0 atom stereocenters. The number of hydrogen-bond acceptors (Lipinski definition) is 7. The van der Waals surface area contributed by atoms with E-state index in [-0.39, 0.29) is 22.1 Å². The molecule has 7 nitrogen and oxygen atoms in total. The standard InChI is InChI=1S/C11H11ClN4O3S/c1-13-10-14-9(12)15-11(16-10)19-7-3-5-8(6-4-7)20(2,17)18/h3-6H,1-2H3,(H,13,14,15,16). The molecule has 0 unspecified atom stereocenters. The molecule has 2 rings (SSSR count). The second-order valence-corrected chi connectivity index (χ2v) is 6.16. The third kappa shape index (κ3) is 3.55. The van der Waals surface area contributed by atoms with Crippen LogP contribution in [0.4, 0.5) is 5.95 Å². The van der Waals surface area contributed by atoms with Gasteiger partial charge in [0.25, 0.3) is 0 Å². The van der Waals surface area contributed by atoms with E-state index in [0.29, 0.717) is 5.75 Å². The molecule has 0 spiro atoms. The van der Waals surface area contributed by atoms with Crippen molar-refractivity contribution < 1.29 is 13.2 Å². The van der Waals surface area contributed by atoms with Gasteiger partial charge in [-0.25, -0.2) is 8.42 Å². The Labute approximate surface area is 120 Å². The maximum Gasteiger partial charge on any atom is 0.328 e. The van der Waals surface area contributed by atoms with Gasteiger partial charge in [0.05, 0.1) is 4.90 Å². The summed E-state index contributed by atoms with van der Waals surface area (Å²) in [5, 5.41) is 2.71. The van der Waals surface area contributed by atoms with Gasteiger partial charge in [0.2, 0.25) is 11.2 Å². The Hall–Kier alpha value is -1.93. The fourth-order valence-corrected chi connectivity index (χ4v) is 2.13. The van der Waals surface area contributed by atoms with Crippen LogP contribution in [0.3, 0.4) is 0 Å². The van der Waals surface area contributed by atoms with E-state index in [2.05, 4.69) is 20.3 Å². The van der Waals surface area contributed by atoms with Crippen LogP contribution in [0, 0.1) is 0 Å². The van der Waals surface area contributed by atoms with E-state index in [4.69, 9.17) is 16.3 Å². The molecule has 0 saturated carbocycles. The molecule has 20 heavy (non-hydrogen) atoms. The molecule has 0 aliphatic carbocycles. The molecule has 0 bridgehead atoms. The van der Waals surface area contributed by atoms with Gasteiger partial charge in [0.15, 0.2) is 9.84 Å². The smallest absolute Gasteiger partial charge is 0.328 e. The van der Waals surface area contributed by atoms with Crippen LogP contribution in [0.15, 0.2) is 29.2 Å². The Morgan fingerprint density at radius 3 is 2.35 bits per heavy atom. The van der Waals surface area contributed by atoms with Crippen LogP contribution in [-0.4, -0.2) is 36.7 Å². The SMILES string of the molecule is CNc1nc(Cl)nc(Oc2ccc(S(C)(=O)=O)cc2)n1. The Morgan fingerprint density at radius 2 is 1.80 bits per heavy atom. The second kappa shape index (κ2) is 5.59. The average molecular weight is 315 g/mol. The first-order valence-corrected chi connectivity index (χ1v) is 7.73. The molecule has 1 N–H and O–H groups in total. The number of nitrogens with zero attached hydrogens (tertiary/aromatic N) is 3. The van der Waals surface area contributed by atoms with E-state index in [1.807, 2.05) is 0 Å². The van der Waals surface area contributed by atoms with E-state index in [0.717, 1.165) is 6.26 Å². The molecule has 1 heterocycles. The van der Waals surface area contributed by atoms with Gasteiger partial charge in [0.1, 0.15) is 5.75 Å². The van der Waals surface area contributed by atoms with E-state index < -0.39 is 9.84 Å². The number of halogens is 1. The Balaban J connectivity index is 2.24. The summed E-state index contributed by atoms with van der Waals surface area (Å²) in [4.78, 5) is 11.8. The average Bonchev–Trinajstić information content (AvgIpc) is 2.37. The van der Waals surface area contributed by atoms with Gasteiger partial charge in [-0.2, -0.15) is 15.0 Å². The Bertz CT molecular complexity index is 719. The minimum absolute atomic E-state index is 0.00731. The highest BCUT2D eigenvalue weighted by atomic mass is 35.5. The molecule has 9 heteroatoms. The van der Waals surface area contributed by atoms with Crippen molar-refractivity contribution >= 4 is 27.4 Å². The van der Waals surface area contributed by atoms with Gasteiger partial charge in [-0.1, -0.05) is 0 Å². The second-order valence-electron chi connectivity index (χ2n) is 3.81. The summed E-state index contributed by atoms with van der Waals surface area (Å²) >= 11 is 5.72. The minimum atomic E-state index is -3.24. The zero-order chi connectivity index (χ0) is 14.8. The van der Waals surface area contributed by atoms with E-state index in [1.54, 1.807) is 7.05 Å². The van der Waals surface area contributed by atoms with Gasteiger partial charge in [0, 0.05) is 13.3 Å². The molecular formula is C11H11ClN4O3S. The van der Waals surface area contributed by atoms with Crippen LogP contribution in [0.25, 0.3) is 0 Å². The molecule has 0 aliphatic heterocycles. The number of hydrogen-bond donors (Lipinski definition) is 1. The molecule has 2 aromatic rings. The maximum absolute atomic E-state index is 11.3. The lowest BCUT2D eigenvalue weighted by Crippen LogP contribution is -2.01. The quantitative estimate of drug-likeness (QED) is 0.918. The van der Waals surface area contributed by atoms with Crippen molar-refractivity contribution in [1.29, 1.82) is 0 Å². The van der Waals surface area contributed by atoms with Gasteiger partial charge in [-0.15, -0.1) is 0 Å². The Kier molecular flexibility index (Phi) is 4.05. The number of rotatable bonds is 4. The number of benzene rings is 1. The van der Waals surface area contributed by atoms with Crippen LogP contribution in [0.1, 0.15) is 0 Å². The van der Waals surface area contributed by atoms with Crippen molar-refractivity contribution in [3.63, 3.8) is 0 Å². The first kappa shape index (κ1) is 14.5. The third-order valence-corrected chi connectivity index (χ3v) is 3.57. The summed E-state index contributed by atoms with van der Waals surface area (Å²) in [7, 11) is -1.60. The van der Waals surface area contributed by atoms with Crippen molar-refractivity contribution in [2.45, 2.75) is 4.90 Å². The summed E-state index contributed by atoms with van der Waals surface area (Å²) in [6.07, 6.45) is 1.13. The third-order valence-electron chi connectivity index (χ3n) is 2.27. The van der Waals surface area contributed by atoms with Gasteiger partial charge < -0.3 is 10.1 Å². The Morgan fingerprint density at radius 1 is 1.15 bits per heavy atom. The fourth-order valence-electron chi connectivity index (χ4n) is 1.35. The largest absolute Gasteiger partial charge is 0.424 e. The fraction of sp³-hybridized carbons (Fsp3) is 0.182. The summed E-state index contributed by atoms with van der Waals surface area (Å²) in [6, 6.07) is 5.90. The lowest BCUT2D eigenvalue weighted by molar-refractivity contribution is 0.440. The highest BCUT2D eigenvalue weighted by Gasteiger charge is 2.09. The van der Waals surface area contributed by atoms with Crippen LogP contribution >= 0.6 is 11.6 Å². The number of sulfone groups is 1. The normalized spacial score (nSPS) is 11.2. The molecule has 106 valence electrons. The number of anilines is 1. The molecule has 1 aromatic heterocycles. The zero-order valence-corrected chi connectivity index (χ0v) is 12.2. The summed E-state index contributed by atoms with van der Waals surface area (Å²) in [5.74, 6) is 0.662. The van der Waals surface area contributed by atoms with Crippen LogP contribution in [0.5, 0.6) is 11.8 Å². The highest BCUT2D eigenvalue weighted by molar-refractivity contribution is 7.90. The van der Waals surface area contributed by atoms with E-state index in [1.165, 1.54) is 24.3 Å². The summed E-state index contributed by atoms with van der Waals surface area (Å²) in [6.45, 7) is 0. The van der Waals surface area contributed by atoms with Gasteiger partial charge in [-0.05, 0) is 35.9 Å². The monoisotopic (exact) mass is 314 g/mol. The summed E-state index contributed by atoms with van der Waals surface area (Å²) < 4.78 is 28.1. The number of aromatic nitrogens is 3. The zero-order valence-electron chi connectivity index (χ0n) is 10.7. The van der Waals surface area contributed by atoms with Gasteiger partial charge in [-0.3, -0.25) is 0 Å². The lowest BCUT2D eigenvalue weighted by atomic mass is 10.3. The van der Waals surface area contributed by atoms with Crippen LogP contribution in [-0.2, 0) is 9.84 Å². The maximum atomic E-state index is 11.3. The van der Waals surface area contributed by atoms with E-state index >= 15 is 0 Å². The minimum Gasteiger partial charge on any atom is -0.424 e. The predicted octanol–water partition coefficient (Wildman–Crippen LogP) is 1.76. The molecule has 1 aromatic carbocycles. The molecule has 0 fully saturated rings. The summed E-state index contributed by atoms with van der Waals surface area (Å²) in [5.41, 5.74) is 0. The van der Waals surface area contributed by atoms with Crippen molar-refractivity contribution in [3.8, 4) is 11.8 Å². The highest BCUT2D eigenvalue weighted by Crippen LogP contribution is 2.21. The molecule has 0 amide bonds. The lowest BCUT2D eigenvalue weighted by Gasteiger charge is -2.06. The number of ether oxygens (including phenoxy) is 1. The van der Waals surface area contributed by atoms with Crippen LogP contribution < -0.4 is 10.1 Å². The number of nitrogens with one attached hydrogen (secondary N) is 1. The topological polar surface area (TPSA) is 94.1 Å². The first-order valence-electron chi connectivity index (χ1n) is 5.46. The molecule has 0 saturated heterocycles. The molecular weight excluding hydrogens is 304 g/mol. The van der Waals surface area contributed by atoms with E-state index in [9.17, 15) is 8.42 Å². The molecule has 0 radical (unpaired) electrons. The predicted molar refractivity (Wildman–Crippen MR) is 74.0 cm³/mol. The van der Waals surface area contributed by atoms with Crippen molar-refractivity contribution in [1.82, 2.24) is 15.0 Å². The van der Waals surface area contributed by atoms with Crippen LogP contribution in [0.2, 0.25) is 5.28 Å².